The average Bonchev–Trinajstić information content (AvgIpc) is 2.61. The summed E-state index contributed by atoms with van der Waals surface area (Å²) < 4.78 is 0. The van der Waals surface area contributed by atoms with Crippen molar-refractivity contribution in [3.8, 4) is 0 Å². The van der Waals surface area contributed by atoms with Crippen molar-refractivity contribution in [2.75, 3.05) is 0 Å². The van der Waals surface area contributed by atoms with Gasteiger partial charge in [-0.2, -0.15) is 0 Å². The third-order valence-corrected chi connectivity index (χ3v) is 3.15. The Kier molecular flexibility index (Phi) is 5.19. The van der Waals surface area contributed by atoms with Crippen LogP contribution in [0.5, 0.6) is 0 Å². The highest BCUT2D eigenvalue weighted by Crippen LogP contribution is 2.33. The third kappa shape index (κ3) is 3.45. The van der Waals surface area contributed by atoms with Crippen LogP contribution in [0.15, 0.2) is 12.2 Å². The van der Waals surface area contributed by atoms with Gasteiger partial charge in [-0.05, 0) is 25.2 Å². The molecule has 0 aromatic rings. The summed E-state index contributed by atoms with van der Waals surface area (Å²) in [6.45, 7) is 2.06. The molecule has 2 unspecified atom stereocenters. The quantitative estimate of drug-likeness (QED) is 0.320. The maximum absolute atomic E-state index is 11.7. The number of hydrazine groups is 1. The van der Waals surface area contributed by atoms with E-state index < -0.39 is 0 Å². The zero-order chi connectivity index (χ0) is 12.0. The molecule has 1 aliphatic carbocycles. The number of rotatable bonds is 5. The molecule has 1 aliphatic rings. The molecule has 1 saturated carbocycles. The Morgan fingerprint density at radius 2 is 2.31 bits per heavy atom. The minimum atomic E-state index is -0.177. The highest BCUT2D eigenvalue weighted by atomic mass is 16.2. The van der Waals surface area contributed by atoms with E-state index >= 15 is 0 Å². The van der Waals surface area contributed by atoms with E-state index in [2.05, 4.69) is 18.4 Å². The van der Waals surface area contributed by atoms with Gasteiger partial charge in [0.25, 0.3) is 0 Å². The Morgan fingerprint density at radius 1 is 1.56 bits per heavy atom. The van der Waals surface area contributed by atoms with Crippen LogP contribution >= 0.6 is 0 Å². The van der Waals surface area contributed by atoms with Gasteiger partial charge in [0.15, 0.2) is 0 Å². The second kappa shape index (κ2) is 6.43. The van der Waals surface area contributed by atoms with E-state index in [1.807, 2.05) is 6.08 Å². The number of allylic oxidation sites excluding steroid dienone is 2. The maximum Gasteiger partial charge on any atom is 0.234 e. The van der Waals surface area contributed by atoms with E-state index in [0.717, 1.165) is 19.3 Å². The summed E-state index contributed by atoms with van der Waals surface area (Å²) in [6.07, 6.45) is 7.63. The van der Waals surface area contributed by atoms with Gasteiger partial charge in [-0.1, -0.05) is 19.1 Å². The van der Waals surface area contributed by atoms with Crippen LogP contribution in [-0.2, 0) is 9.59 Å². The third-order valence-electron chi connectivity index (χ3n) is 3.15. The van der Waals surface area contributed by atoms with Crippen LogP contribution in [0.3, 0.4) is 0 Å². The number of hydrogen-bond donors (Lipinski definition) is 2. The second-order valence-electron chi connectivity index (χ2n) is 4.26. The molecule has 4 heteroatoms. The Hall–Kier alpha value is -1.16. The van der Waals surface area contributed by atoms with Gasteiger partial charge in [0.05, 0.1) is 0 Å². The van der Waals surface area contributed by atoms with Crippen molar-refractivity contribution >= 4 is 11.7 Å². The number of Topliss-reactive ketones (excluding diaryl/α,β-unsaturated/α-hetero) is 1. The van der Waals surface area contributed by atoms with Crippen molar-refractivity contribution in [1.29, 1.82) is 0 Å². The zero-order valence-corrected chi connectivity index (χ0v) is 9.74. The van der Waals surface area contributed by atoms with E-state index in [0.29, 0.717) is 12.8 Å². The lowest BCUT2D eigenvalue weighted by Gasteiger charge is -2.15. The first-order valence-electron chi connectivity index (χ1n) is 5.86. The van der Waals surface area contributed by atoms with E-state index in [9.17, 15) is 9.59 Å². The molecule has 0 aliphatic heterocycles. The van der Waals surface area contributed by atoms with Crippen LogP contribution in [0.4, 0.5) is 0 Å². The first-order chi connectivity index (χ1) is 7.69. The largest absolute Gasteiger partial charge is 0.299 e. The Labute approximate surface area is 96.2 Å². The molecule has 1 fully saturated rings. The predicted molar refractivity (Wildman–Crippen MR) is 62.2 cm³/mol. The summed E-state index contributed by atoms with van der Waals surface area (Å²) in [5.41, 5.74) is 2.13. The van der Waals surface area contributed by atoms with Crippen LogP contribution in [0.1, 0.15) is 39.0 Å². The maximum atomic E-state index is 11.7. The lowest BCUT2D eigenvalue weighted by Crippen LogP contribution is -2.32. The van der Waals surface area contributed by atoms with Crippen LogP contribution < -0.4 is 11.3 Å². The Balaban J connectivity index is 2.52. The van der Waals surface area contributed by atoms with Crippen molar-refractivity contribution in [2.45, 2.75) is 39.0 Å². The molecule has 90 valence electrons. The lowest BCUT2D eigenvalue weighted by atomic mass is 9.89. The summed E-state index contributed by atoms with van der Waals surface area (Å²) in [5, 5.41) is 0. The Morgan fingerprint density at radius 3 is 2.94 bits per heavy atom. The fourth-order valence-electron chi connectivity index (χ4n) is 2.25. The number of hydrogen-bond acceptors (Lipinski definition) is 3. The highest BCUT2D eigenvalue weighted by Gasteiger charge is 2.34. The topological polar surface area (TPSA) is 72.2 Å². The zero-order valence-electron chi connectivity index (χ0n) is 9.74. The van der Waals surface area contributed by atoms with E-state index in [1.165, 1.54) is 0 Å². The molecular formula is C12H20N2O2. The summed E-state index contributed by atoms with van der Waals surface area (Å²) in [7, 11) is 0. The van der Waals surface area contributed by atoms with Crippen LogP contribution in [0.2, 0.25) is 0 Å². The molecule has 3 N–H and O–H groups in total. The molecule has 0 saturated heterocycles. The van der Waals surface area contributed by atoms with Gasteiger partial charge < -0.3 is 0 Å². The standard InChI is InChI=1S/C12H20N2O2/c1-2-3-4-5-10-9(6-7-11(10)15)8-12(16)14-13/h3-4,9-10H,2,5-8,13H2,1H3,(H,14,16)/b4-3+. The lowest BCUT2D eigenvalue weighted by molar-refractivity contribution is -0.123. The predicted octanol–water partition coefficient (Wildman–Crippen LogP) is 1.32. The fourth-order valence-corrected chi connectivity index (χ4v) is 2.25. The van der Waals surface area contributed by atoms with Gasteiger partial charge in [0.1, 0.15) is 5.78 Å². The van der Waals surface area contributed by atoms with Crippen LogP contribution in [0, 0.1) is 11.8 Å². The Bertz CT molecular complexity index is 287. The van der Waals surface area contributed by atoms with Crippen LogP contribution in [0.25, 0.3) is 0 Å². The molecule has 0 spiro atoms. The first kappa shape index (κ1) is 12.9. The molecule has 0 heterocycles. The van der Waals surface area contributed by atoms with E-state index in [1.54, 1.807) is 0 Å². The molecule has 16 heavy (non-hydrogen) atoms. The van der Waals surface area contributed by atoms with Crippen molar-refractivity contribution < 1.29 is 9.59 Å². The molecular weight excluding hydrogens is 204 g/mol. The van der Waals surface area contributed by atoms with Gasteiger partial charge in [0.2, 0.25) is 5.91 Å². The number of ketones is 1. The average molecular weight is 224 g/mol. The van der Waals surface area contributed by atoms with E-state index in [4.69, 9.17) is 5.84 Å². The minimum Gasteiger partial charge on any atom is -0.299 e. The number of carbonyl (C=O) groups excluding carboxylic acids is 2. The second-order valence-corrected chi connectivity index (χ2v) is 4.26. The molecule has 0 radical (unpaired) electrons. The first-order valence-corrected chi connectivity index (χ1v) is 5.86. The van der Waals surface area contributed by atoms with Gasteiger partial charge in [0, 0.05) is 18.8 Å². The SMILES string of the molecule is CC/C=C/CC1C(=O)CCC1CC(=O)NN. The summed E-state index contributed by atoms with van der Waals surface area (Å²) in [5.74, 6) is 5.34. The molecule has 1 rings (SSSR count). The summed E-state index contributed by atoms with van der Waals surface area (Å²) in [4.78, 5) is 22.8. The fraction of sp³-hybridized carbons (Fsp3) is 0.667. The van der Waals surface area contributed by atoms with E-state index in [-0.39, 0.29) is 23.5 Å². The minimum absolute atomic E-state index is 0.0140. The van der Waals surface area contributed by atoms with Gasteiger partial charge in [-0.15, -0.1) is 0 Å². The van der Waals surface area contributed by atoms with Crippen molar-refractivity contribution in [1.82, 2.24) is 5.43 Å². The number of nitrogens with one attached hydrogen (secondary N) is 1. The molecule has 0 aromatic carbocycles. The molecule has 0 bridgehead atoms. The summed E-state index contributed by atoms with van der Waals surface area (Å²) in [6, 6.07) is 0. The molecule has 4 nitrogen and oxygen atoms in total. The number of carbonyl (C=O) groups is 2. The van der Waals surface area contributed by atoms with Gasteiger partial charge >= 0.3 is 0 Å². The molecule has 1 amide bonds. The normalized spacial score (nSPS) is 25.2. The molecule has 0 aromatic heterocycles. The summed E-state index contributed by atoms with van der Waals surface area (Å²) >= 11 is 0. The molecule has 2 atom stereocenters. The smallest absolute Gasteiger partial charge is 0.234 e. The van der Waals surface area contributed by atoms with Crippen molar-refractivity contribution in [3.63, 3.8) is 0 Å². The van der Waals surface area contributed by atoms with Crippen molar-refractivity contribution in [3.05, 3.63) is 12.2 Å². The number of nitrogens with two attached hydrogens (primary N) is 1. The van der Waals surface area contributed by atoms with Gasteiger partial charge in [-0.3, -0.25) is 15.0 Å². The van der Waals surface area contributed by atoms with Gasteiger partial charge in [-0.25, -0.2) is 5.84 Å². The highest BCUT2D eigenvalue weighted by molar-refractivity contribution is 5.85. The van der Waals surface area contributed by atoms with Crippen LogP contribution in [-0.4, -0.2) is 11.7 Å². The monoisotopic (exact) mass is 224 g/mol. The number of amides is 1. The van der Waals surface area contributed by atoms with Crippen molar-refractivity contribution in [2.24, 2.45) is 17.7 Å².